The number of benzene rings is 1. The predicted molar refractivity (Wildman–Crippen MR) is 47.6 cm³/mol. The molecule has 12 heavy (non-hydrogen) atoms. The summed E-state index contributed by atoms with van der Waals surface area (Å²) in [4.78, 5) is 10.9. The maximum atomic E-state index is 10.9. The van der Waals surface area contributed by atoms with Gasteiger partial charge in [0.15, 0.2) is 0 Å². The van der Waals surface area contributed by atoms with Gasteiger partial charge in [-0.15, -0.1) is 0 Å². The Bertz CT molecular complexity index is 440. The first kappa shape index (κ1) is 7.64. The fourth-order valence-corrected chi connectivity index (χ4v) is 1.67. The van der Waals surface area contributed by atoms with Gasteiger partial charge in [0.2, 0.25) is 0 Å². The van der Waals surface area contributed by atoms with Gasteiger partial charge in [-0.25, -0.2) is 0 Å². The normalized spacial score (nSPS) is 10.4. The van der Waals surface area contributed by atoms with Gasteiger partial charge in [0.25, 0.3) is 5.24 Å². The van der Waals surface area contributed by atoms with Crippen LogP contribution in [0.15, 0.2) is 18.2 Å². The van der Waals surface area contributed by atoms with Crippen LogP contribution in [0.4, 0.5) is 0 Å². The van der Waals surface area contributed by atoms with Gasteiger partial charge in [-0.1, -0.05) is 6.07 Å². The molecule has 0 unspecified atom stereocenters. The van der Waals surface area contributed by atoms with E-state index >= 15 is 0 Å². The molecule has 0 bridgehead atoms. The Hall–Kier alpha value is -1.00. The van der Waals surface area contributed by atoms with Gasteiger partial charge >= 0.3 is 0 Å². The Kier molecular flexibility index (Phi) is 1.78. The van der Waals surface area contributed by atoms with Crippen LogP contribution in [0.3, 0.4) is 0 Å². The predicted octanol–water partition coefficient (Wildman–Crippen LogP) is 2.07. The van der Waals surface area contributed by atoms with Crippen molar-refractivity contribution in [1.82, 2.24) is 8.75 Å². The molecule has 2 aromatic rings. The zero-order valence-corrected chi connectivity index (χ0v) is 7.39. The van der Waals surface area contributed by atoms with Crippen LogP contribution in [-0.4, -0.2) is 14.0 Å². The van der Waals surface area contributed by atoms with Crippen molar-refractivity contribution in [1.29, 1.82) is 0 Å². The molecule has 0 aliphatic heterocycles. The van der Waals surface area contributed by atoms with Crippen molar-refractivity contribution in [3.8, 4) is 0 Å². The summed E-state index contributed by atoms with van der Waals surface area (Å²) in [6.07, 6.45) is 0. The zero-order valence-electron chi connectivity index (χ0n) is 5.82. The van der Waals surface area contributed by atoms with Gasteiger partial charge in [0, 0.05) is 0 Å². The highest BCUT2D eigenvalue weighted by Crippen LogP contribution is 2.17. The Morgan fingerprint density at radius 1 is 1.42 bits per heavy atom. The SMILES string of the molecule is O=C(Cl)c1cccc2nsnc12. The summed E-state index contributed by atoms with van der Waals surface area (Å²) in [7, 11) is 0. The number of carbonyl (C=O) groups is 1. The van der Waals surface area contributed by atoms with E-state index in [-0.39, 0.29) is 0 Å². The molecule has 0 amide bonds. The monoisotopic (exact) mass is 198 g/mol. The highest BCUT2D eigenvalue weighted by Gasteiger charge is 2.09. The molecular weight excluding hydrogens is 196 g/mol. The molecule has 0 N–H and O–H groups in total. The lowest BCUT2D eigenvalue weighted by molar-refractivity contribution is 0.108. The average molecular weight is 199 g/mol. The molecule has 5 heteroatoms. The number of aromatic nitrogens is 2. The van der Waals surface area contributed by atoms with Crippen molar-refractivity contribution in [3.63, 3.8) is 0 Å². The summed E-state index contributed by atoms with van der Waals surface area (Å²) in [6, 6.07) is 5.17. The zero-order chi connectivity index (χ0) is 8.55. The molecule has 0 spiro atoms. The van der Waals surface area contributed by atoms with E-state index in [1.54, 1.807) is 18.2 Å². The second kappa shape index (κ2) is 2.80. The molecule has 3 nitrogen and oxygen atoms in total. The summed E-state index contributed by atoms with van der Waals surface area (Å²) >= 11 is 6.41. The molecule has 2 rings (SSSR count). The Balaban J connectivity index is 2.82. The van der Waals surface area contributed by atoms with E-state index in [1.165, 1.54) is 0 Å². The van der Waals surface area contributed by atoms with Gasteiger partial charge in [0.05, 0.1) is 17.3 Å². The Morgan fingerprint density at radius 3 is 3.00 bits per heavy atom. The fourth-order valence-electron chi connectivity index (χ4n) is 0.965. The molecule has 0 saturated heterocycles. The van der Waals surface area contributed by atoms with E-state index in [0.717, 1.165) is 11.7 Å². The molecule has 0 radical (unpaired) electrons. The van der Waals surface area contributed by atoms with E-state index in [2.05, 4.69) is 8.75 Å². The fraction of sp³-hybridized carbons (Fsp3) is 0. The Morgan fingerprint density at radius 2 is 2.25 bits per heavy atom. The van der Waals surface area contributed by atoms with Gasteiger partial charge in [-0.2, -0.15) is 8.75 Å². The summed E-state index contributed by atoms with van der Waals surface area (Å²) in [5, 5.41) is -0.492. The summed E-state index contributed by atoms with van der Waals surface area (Å²) in [6.45, 7) is 0. The summed E-state index contributed by atoms with van der Waals surface area (Å²) < 4.78 is 7.95. The topological polar surface area (TPSA) is 42.9 Å². The van der Waals surface area contributed by atoms with Crippen molar-refractivity contribution in [3.05, 3.63) is 23.8 Å². The highest BCUT2D eigenvalue weighted by molar-refractivity contribution is 7.00. The molecule has 0 aliphatic rings. The molecule has 0 fully saturated rings. The third-order valence-electron chi connectivity index (χ3n) is 1.50. The third kappa shape index (κ3) is 1.09. The van der Waals surface area contributed by atoms with Crippen LogP contribution < -0.4 is 0 Å². The molecule has 0 atom stereocenters. The van der Waals surface area contributed by atoms with Gasteiger partial charge in [-0.05, 0) is 23.7 Å². The molecule has 60 valence electrons. The molecule has 0 saturated carbocycles. The van der Waals surface area contributed by atoms with Crippen molar-refractivity contribution in [2.24, 2.45) is 0 Å². The first-order chi connectivity index (χ1) is 5.79. The summed E-state index contributed by atoms with van der Waals surface area (Å²) in [5.74, 6) is 0. The van der Waals surface area contributed by atoms with Gasteiger partial charge in [-0.3, -0.25) is 4.79 Å². The van der Waals surface area contributed by atoms with Crippen LogP contribution in [0, 0.1) is 0 Å². The lowest BCUT2D eigenvalue weighted by Gasteiger charge is -1.91. The van der Waals surface area contributed by atoms with Gasteiger partial charge in [0.1, 0.15) is 11.0 Å². The number of carbonyl (C=O) groups excluding carboxylic acids is 1. The van der Waals surface area contributed by atoms with Crippen LogP contribution in [0.1, 0.15) is 10.4 Å². The minimum Gasteiger partial charge on any atom is -0.276 e. The van der Waals surface area contributed by atoms with E-state index in [9.17, 15) is 4.79 Å². The quantitative estimate of drug-likeness (QED) is 0.659. The highest BCUT2D eigenvalue weighted by atomic mass is 35.5. The number of nitrogens with zero attached hydrogens (tertiary/aromatic N) is 2. The van der Waals surface area contributed by atoms with E-state index in [1.807, 2.05) is 0 Å². The number of halogens is 1. The number of hydrogen-bond acceptors (Lipinski definition) is 4. The maximum Gasteiger partial charge on any atom is 0.254 e. The standard InChI is InChI=1S/C7H3ClN2OS/c8-7(11)4-2-1-3-5-6(4)10-12-9-5/h1-3H. The molecular formula is C7H3ClN2OS. The van der Waals surface area contributed by atoms with E-state index in [4.69, 9.17) is 11.6 Å². The first-order valence-corrected chi connectivity index (χ1v) is 4.31. The van der Waals surface area contributed by atoms with Crippen LogP contribution >= 0.6 is 23.3 Å². The van der Waals surface area contributed by atoms with Crippen LogP contribution in [0.25, 0.3) is 11.0 Å². The largest absolute Gasteiger partial charge is 0.276 e. The summed E-state index contributed by atoms with van der Waals surface area (Å²) in [5.41, 5.74) is 1.72. The van der Waals surface area contributed by atoms with Crippen molar-refractivity contribution in [2.45, 2.75) is 0 Å². The lowest BCUT2D eigenvalue weighted by Crippen LogP contribution is -1.89. The van der Waals surface area contributed by atoms with Crippen LogP contribution in [0.5, 0.6) is 0 Å². The van der Waals surface area contributed by atoms with Crippen molar-refractivity contribution >= 4 is 39.6 Å². The van der Waals surface area contributed by atoms with Crippen LogP contribution in [-0.2, 0) is 0 Å². The smallest absolute Gasteiger partial charge is 0.254 e. The maximum absolute atomic E-state index is 10.9. The third-order valence-corrected chi connectivity index (χ3v) is 2.24. The molecule has 1 aromatic heterocycles. The Labute approximate surface area is 77.3 Å². The van der Waals surface area contributed by atoms with E-state index in [0.29, 0.717) is 16.6 Å². The van der Waals surface area contributed by atoms with E-state index < -0.39 is 5.24 Å². The molecule has 1 aromatic carbocycles. The van der Waals surface area contributed by atoms with Crippen molar-refractivity contribution < 1.29 is 4.79 Å². The molecule has 0 aliphatic carbocycles. The minimum atomic E-state index is -0.492. The van der Waals surface area contributed by atoms with Crippen LogP contribution in [0.2, 0.25) is 0 Å². The molecule has 1 heterocycles. The lowest BCUT2D eigenvalue weighted by atomic mass is 10.2. The number of rotatable bonds is 1. The van der Waals surface area contributed by atoms with Gasteiger partial charge < -0.3 is 0 Å². The average Bonchev–Trinajstić information content (AvgIpc) is 2.49. The minimum absolute atomic E-state index is 0.419. The number of hydrogen-bond donors (Lipinski definition) is 0. The second-order valence-electron chi connectivity index (χ2n) is 2.21. The number of fused-ring (bicyclic) bond motifs is 1. The first-order valence-electron chi connectivity index (χ1n) is 3.20. The second-order valence-corrected chi connectivity index (χ2v) is 3.08. The van der Waals surface area contributed by atoms with Crippen molar-refractivity contribution in [2.75, 3.05) is 0 Å².